The van der Waals surface area contributed by atoms with E-state index in [9.17, 15) is 19.8 Å². The van der Waals surface area contributed by atoms with E-state index < -0.39 is 12.1 Å². The second kappa shape index (κ2) is 61.9. The monoisotopic (exact) mass is 1010 g/mol. The number of rotatable bonds is 61. The molecule has 0 aliphatic carbocycles. The summed E-state index contributed by atoms with van der Waals surface area (Å²) in [6, 6.07) is -0.632. The number of amides is 1. The van der Waals surface area contributed by atoms with Gasteiger partial charge in [0.25, 0.3) is 0 Å². The fourth-order valence-electron chi connectivity index (χ4n) is 10.2. The summed E-state index contributed by atoms with van der Waals surface area (Å²) in [6.07, 6.45) is 76.6. The molecule has 3 N–H and O–H groups in total. The molecule has 72 heavy (non-hydrogen) atoms. The molecule has 6 heteroatoms. The molecule has 0 aliphatic rings. The average molecular weight is 1010 g/mol. The standard InChI is InChI=1S/C66H127NO5/c1-3-5-7-9-11-13-15-17-19-20-28-32-36-40-44-48-52-56-60-66(71)72-61-57-53-49-45-41-37-33-29-26-24-22-21-23-25-27-31-35-39-43-47-51-55-59-65(70)67-63(62-68)64(69)58-54-50-46-42-38-34-30-18-16-14-12-10-8-6-4-2/h23,25,54,58,63-64,68-69H,3-22,24,26-53,55-57,59-62H2,1-2H3,(H,67,70)/b25-23-,58-54+. The molecule has 0 aromatic carbocycles. The Hall–Kier alpha value is -1.66. The molecule has 0 saturated carbocycles. The van der Waals surface area contributed by atoms with Crippen LogP contribution in [0.15, 0.2) is 24.3 Å². The smallest absolute Gasteiger partial charge is 0.305 e. The zero-order valence-corrected chi connectivity index (χ0v) is 48.7. The predicted molar refractivity (Wildman–Crippen MR) is 315 cm³/mol. The van der Waals surface area contributed by atoms with Gasteiger partial charge in [0.05, 0.1) is 25.4 Å². The van der Waals surface area contributed by atoms with Crippen molar-refractivity contribution in [3.8, 4) is 0 Å². The molecular weight excluding hydrogens is 887 g/mol. The van der Waals surface area contributed by atoms with Crippen LogP contribution in [0.3, 0.4) is 0 Å². The van der Waals surface area contributed by atoms with E-state index in [4.69, 9.17) is 4.74 Å². The molecule has 0 bridgehead atoms. The van der Waals surface area contributed by atoms with Gasteiger partial charge < -0.3 is 20.3 Å². The Kier molecular flexibility index (Phi) is 60.5. The fraction of sp³-hybridized carbons (Fsp3) is 0.909. The number of carbonyl (C=O) groups excluding carboxylic acids is 2. The molecule has 0 radical (unpaired) electrons. The van der Waals surface area contributed by atoms with Gasteiger partial charge in [-0.2, -0.15) is 0 Å². The summed E-state index contributed by atoms with van der Waals surface area (Å²) in [6.45, 7) is 4.93. The third kappa shape index (κ3) is 57.6. The van der Waals surface area contributed by atoms with E-state index in [1.54, 1.807) is 6.08 Å². The van der Waals surface area contributed by atoms with Crippen LogP contribution in [0.2, 0.25) is 0 Å². The highest BCUT2D eigenvalue weighted by molar-refractivity contribution is 5.76. The summed E-state index contributed by atoms with van der Waals surface area (Å²) in [7, 11) is 0. The minimum Gasteiger partial charge on any atom is -0.466 e. The van der Waals surface area contributed by atoms with E-state index in [0.29, 0.717) is 19.4 Å². The minimum absolute atomic E-state index is 0.0142. The van der Waals surface area contributed by atoms with Crippen molar-refractivity contribution in [2.45, 2.75) is 373 Å². The molecule has 426 valence electrons. The molecule has 0 fully saturated rings. The Morgan fingerprint density at radius 2 is 0.653 bits per heavy atom. The number of ether oxygens (including phenoxy) is 1. The van der Waals surface area contributed by atoms with Gasteiger partial charge in [-0.15, -0.1) is 0 Å². The lowest BCUT2D eigenvalue weighted by Crippen LogP contribution is -2.45. The highest BCUT2D eigenvalue weighted by Gasteiger charge is 2.18. The van der Waals surface area contributed by atoms with Gasteiger partial charge in [-0.1, -0.05) is 314 Å². The van der Waals surface area contributed by atoms with Crippen molar-refractivity contribution in [1.82, 2.24) is 5.32 Å². The molecule has 0 aromatic heterocycles. The number of aliphatic hydroxyl groups excluding tert-OH is 2. The van der Waals surface area contributed by atoms with Gasteiger partial charge in [0.15, 0.2) is 0 Å². The van der Waals surface area contributed by atoms with E-state index in [1.165, 1.54) is 289 Å². The van der Waals surface area contributed by atoms with E-state index in [-0.39, 0.29) is 18.5 Å². The van der Waals surface area contributed by atoms with E-state index in [1.807, 2.05) is 6.08 Å². The number of esters is 1. The molecule has 0 aliphatic heterocycles. The van der Waals surface area contributed by atoms with Gasteiger partial charge in [-0.3, -0.25) is 9.59 Å². The first-order valence-corrected chi connectivity index (χ1v) is 32.6. The number of hydrogen-bond donors (Lipinski definition) is 3. The van der Waals surface area contributed by atoms with E-state index in [2.05, 4.69) is 31.3 Å². The lowest BCUT2D eigenvalue weighted by atomic mass is 10.0. The number of hydrogen-bond acceptors (Lipinski definition) is 5. The zero-order valence-electron chi connectivity index (χ0n) is 48.7. The SMILES string of the molecule is CCCCCCCCCCCCCCC/C=C/C(O)C(CO)NC(=O)CCCCCCCCC/C=C\CCCCCCCCCCCCCOC(=O)CCCCCCCCCCCCCCCCCCCC. The Bertz CT molecular complexity index is 1120. The fourth-order valence-corrected chi connectivity index (χ4v) is 10.2. The van der Waals surface area contributed by atoms with Gasteiger partial charge in [0.2, 0.25) is 5.91 Å². The quantitative estimate of drug-likeness (QED) is 0.0320. The van der Waals surface area contributed by atoms with Crippen LogP contribution in [-0.2, 0) is 14.3 Å². The van der Waals surface area contributed by atoms with Crippen LogP contribution in [-0.4, -0.2) is 47.4 Å². The number of nitrogens with one attached hydrogen (secondary N) is 1. The van der Waals surface area contributed by atoms with Crippen LogP contribution in [0.1, 0.15) is 361 Å². The van der Waals surface area contributed by atoms with Crippen molar-refractivity contribution in [3.63, 3.8) is 0 Å². The predicted octanol–water partition coefficient (Wildman–Crippen LogP) is 20.6. The summed E-state index contributed by atoms with van der Waals surface area (Å²) in [5, 5.41) is 23.1. The van der Waals surface area contributed by atoms with Gasteiger partial charge in [-0.25, -0.2) is 0 Å². The third-order valence-electron chi connectivity index (χ3n) is 15.2. The van der Waals surface area contributed by atoms with Gasteiger partial charge in [-0.05, 0) is 57.8 Å². The maximum absolute atomic E-state index is 12.5. The number of unbranched alkanes of at least 4 members (excludes halogenated alkanes) is 48. The summed E-state index contributed by atoms with van der Waals surface area (Å²) < 4.78 is 5.50. The van der Waals surface area contributed by atoms with Crippen LogP contribution in [0, 0.1) is 0 Å². The molecule has 0 saturated heterocycles. The largest absolute Gasteiger partial charge is 0.466 e. The summed E-state index contributed by atoms with van der Waals surface area (Å²) >= 11 is 0. The molecule has 2 atom stereocenters. The zero-order chi connectivity index (χ0) is 52.2. The van der Waals surface area contributed by atoms with Crippen molar-refractivity contribution >= 4 is 11.9 Å². The Labute approximate surface area is 450 Å². The highest BCUT2D eigenvalue weighted by Crippen LogP contribution is 2.18. The van der Waals surface area contributed by atoms with Crippen molar-refractivity contribution in [1.29, 1.82) is 0 Å². The van der Waals surface area contributed by atoms with Crippen LogP contribution in [0.25, 0.3) is 0 Å². The van der Waals surface area contributed by atoms with E-state index >= 15 is 0 Å². The summed E-state index contributed by atoms with van der Waals surface area (Å²) in [4.78, 5) is 24.6. The molecular formula is C66H127NO5. The lowest BCUT2D eigenvalue weighted by Gasteiger charge is -2.20. The first kappa shape index (κ1) is 70.3. The van der Waals surface area contributed by atoms with Crippen LogP contribution in [0.4, 0.5) is 0 Å². The molecule has 0 spiro atoms. The second-order valence-corrected chi connectivity index (χ2v) is 22.5. The van der Waals surface area contributed by atoms with Gasteiger partial charge in [0, 0.05) is 12.8 Å². The summed E-state index contributed by atoms with van der Waals surface area (Å²) in [5.41, 5.74) is 0. The van der Waals surface area contributed by atoms with Crippen molar-refractivity contribution in [3.05, 3.63) is 24.3 Å². The average Bonchev–Trinajstić information content (AvgIpc) is 3.38. The molecule has 0 heterocycles. The van der Waals surface area contributed by atoms with Crippen molar-refractivity contribution < 1.29 is 24.5 Å². The Balaban J connectivity index is 3.41. The third-order valence-corrected chi connectivity index (χ3v) is 15.2. The molecule has 0 aromatic rings. The lowest BCUT2D eigenvalue weighted by molar-refractivity contribution is -0.143. The number of carbonyl (C=O) groups is 2. The first-order chi connectivity index (χ1) is 35.5. The van der Waals surface area contributed by atoms with Crippen LogP contribution < -0.4 is 5.32 Å². The van der Waals surface area contributed by atoms with E-state index in [0.717, 1.165) is 44.9 Å². The maximum Gasteiger partial charge on any atom is 0.305 e. The number of allylic oxidation sites excluding steroid dienone is 3. The van der Waals surface area contributed by atoms with Crippen molar-refractivity contribution in [2.75, 3.05) is 13.2 Å². The molecule has 6 nitrogen and oxygen atoms in total. The second-order valence-electron chi connectivity index (χ2n) is 22.5. The van der Waals surface area contributed by atoms with Crippen LogP contribution in [0.5, 0.6) is 0 Å². The van der Waals surface area contributed by atoms with Crippen LogP contribution >= 0.6 is 0 Å². The number of aliphatic hydroxyl groups is 2. The van der Waals surface area contributed by atoms with Gasteiger partial charge in [0.1, 0.15) is 0 Å². The topological polar surface area (TPSA) is 95.9 Å². The molecule has 1 amide bonds. The molecule has 0 rings (SSSR count). The maximum atomic E-state index is 12.5. The van der Waals surface area contributed by atoms with Gasteiger partial charge >= 0.3 is 5.97 Å². The highest BCUT2D eigenvalue weighted by atomic mass is 16.5. The Morgan fingerprint density at radius 1 is 0.375 bits per heavy atom. The minimum atomic E-state index is -0.848. The summed E-state index contributed by atoms with van der Waals surface area (Å²) in [5.74, 6) is -0.0589. The van der Waals surface area contributed by atoms with Crippen molar-refractivity contribution in [2.24, 2.45) is 0 Å². The first-order valence-electron chi connectivity index (χ1n) is 32.6. The normalized spacial score (nSPS) is 12.7. The Morgan fingerprint density at radius 3 is 0.986 bits per heavy atom. The molecule has 2 unspecified atom stereocenters.